The van der Waals surface area contributed by atoms with Crippen molar-refractivity contribution >= 4 is 30.1 Å². The Labute approximate surface area is 143 Å². The van der Waals surface area contributed by atoms with Gasteiger partial charge < -0.3 is 5.41 Å². The number of amides is 2. The van der Waals surface area contributed by atoms with Crippen LogP contribution in [0.25, 0.3) is 5.41 Å². The molecule has 0 bridgehead atoms. The van der Waals surface area contributed by atoms with E-state index in [2.05, 4.69) is 5.32 Å². The number of imide groups is 1. The highest BCUT2D eigenvalue weighted by molar-refractivity contribution is 6.14. The van der Waals surface area contributed by atoms with Crippen LogP contribution in [-0.4, -0.2) is 17.7 Å². The summed E-state index contributed by atoms with van der Waals surface area (Å²) in [5.41, 5.74) is 0.463. The number of pyridine rings is 1. The topological polar surface area (TPSA) is 72.3 Å². The predicted molar refractivity (Wildman–Crippen MR) is 87.1 cm³/mol. The fourth-order valence-corrected chi connectivity index (χ4v) is 2.75. The normalized spacial score (nSPS) is 20.0. The highest BCUT2D eigenvalue weighted by Crippen LogP contribution is 2.34. The molecule has 3 rings (SSSR count). The van der Waals surface area contributed by atoms with Crippen LogP contribution in [-0.2, 0) is 9.59 Å². The van der Waals surface area contributed by atoms with Crippen molar-refractivity contribution in [2.24, 2.45) is 0 Å². The number of hydrogen-bond donors (Lipinski definition) is 1. The second-order valence-electron chi connectivity index (χ2n) is 5.14. The van der Waals surface area contributed by atoms with E-state index in [1.807, 2.05) is 5.87 Å². The first-order chi connectivity index (χ1) is 11.1. The van der Waals surface area contributed by atoms with Gasteiger partial charge in [-0.25, -0.2) is 4.39 Å². The van der Waals surface area contributed by atoms with Gasteiger partial charge in [-0.3, -0.25) is 20.8 Å². The van der Waals surface area contributed by atoms with Gasteiger partial charge in [0.2, 0.25) is 6.04 Å². The number of nitrogens with zero attached hydrogens (tertiary/aromatic N) is 2. The Balaban J connectivity index is 0.00000208. The number of aromatic nitrogens is 1. The molecule has 1 fully saturated rings. The van der Waals surface area contributed by atoms with Crippen LogP contribution in [0, 0.1) is 5.82 Å². The van der Waals surface area contributed by atoms with E-state index in [4.69, 9.17) is 0 Å². The third kappa shape index (κ3) is 3.11. The maximum atomic E-state index is 13.2. The molecule has 0 spiro atoms. The number of piperidine rings is 1. The van der Waals surface area contributed by atoms with E-state index in [1.165, 1.54) is 24.3 Å². The van der Waals surface area contributed by atoms with E-state index in [0.717, 1.165) is 0 Å². The number of benzene rings is 1. The van der Waals surface area contributed by atoms with Gasteiger partial charge >= 0.3 is 0 Å². The standard InChI is InChI=1S/C17H12FN3O2.ClH/c18-12-6-4-11(5-7-12)14-13(10-19)16(22)20-17(23)15(14)21-8-2-1-3-9-21;/h1-9,14-15H,(H,20,22,23);1H. The zero-order chi connectivity index (χ0) is 16.4. The number of halogens is 2. The Kier molecular flexibility index (Phi) is 5.24. The third-order valence-electron chi connectivity index (χ3n) is 3.79. The number of carbonyl (C=O) groups excluding carboxylic acids is 2. The van der Waals surface area contributed by atoms with Crippen molar-refractivity contribution in [3.8, 4) is 0 Å². The molecule has 0 aliphatic carbocycles. The van der Waals surface area contributed by atoms with Gasteiger partial charge in [0, 0.05) is 12.1 Å². The van der Waals surface area contributed by atoms with Crippen LogP contribution in [0.4, 0.5) is 4.39 Å². The largest absolute Gasteiger partial charge is 0.763 e. The lowest BCUT2D eigenvalue weighted by Crippen LogP contribution is -2.57. The van der Waals surface area contributed by atoms with Crippen molar-refractivity contribution in [1.82, 2.24) is 5.32 Å². The molecule has 1 aromatic heterocycles. The average molecular weight is 346 g/mol. The Hall–Kier alpha value is -2.82. The molecule has 0 saturated carbocycles. The van der Waals surface area contributed by atoms with Crippen LogP contribution >= 0.6 is 12.4 Å². The molecule has 2 amide bonds. The number of rotatable bonds is 2. The summed E-state index contributed by atoms with van der Waals surface area (Å²) < 4.78 is 14.8. The summed E-state index contributed by atoms with van der Waals surface area (Å²) in [6.45, 7) is 0. The van der Waals surface area contributed by atoms with Crippen molar-refractivity contribution < 1.29 is 18.5 Å². The predicted octanol–water partition coefficient (Wildman–Crippen LogP) is 1.68. The highest BCUT2D eigenvalue weighted by atomic mass is 35.5. The average Bonchev–Trinajstić information content (AvgIpc) is 2.56. The molecule has 2 heterocycles. The first-order valence-corrected chi connectivity index (χ1v) is 6.95. The van der Waals surface area contributed by atoms with Gasteiger partial charge in [0.15, 0.2) is 12.4 Å². The molecule has 24 heavy (non-hydrogen) atoms. The molecule has 7 heteroatoms. The van der Waals surface area contributed by atoms with Gasteiger partial charge in [0.1, 0.15) is 5.82 Å². The quantitative estimate of drug-likeness (QED) is 0.389. The first-order valence-electron chi connectivity index (χ1n) is 6.95. The lowest BCUT2D eigenvalue weighted by atomic mass is 9.81. The Bertz CT molecular complexity index is 817. The zero-order valence-electron chi connectivity index (χ0n) is 12.3. The van der Waals surface area contributed by atoms with Crippen LogP contribution in [0.3, 0.4) is 0 Å². The summed E-state index contributed by atoms with van der Waals surface area (Å²) in [7, 11) is 0. The van der Waals surface area contributed by atoms with Gasteiger partial charge in [-0.2, -0.15) is 4.57 Å². The van der Waals surface area contributed by atoms with Gasteiger partial charge in [-0.1, -0.05) is 18.2 Å². The summed E-state index contributed by atoms with van der Waals surface area (Å²) in [6.07, 6.45) is 3.37. The fourth-order valence-electron chi connectivity index (χ4n) is 2.75. The smallest absolute Gasteiger partial charge is 0.296 e. The summed E-state index contributed by atoms with van der Waals surface area (Å²) in [6, 6.07) is 9.95. The molecule has 5 nitrogen and oxygen atoms in total. The minimum Gasteiger partial charge on any atom is -0.763 e. The molecule has 122 valence electrons. The molecule has 0 radical (unpaired) electrons. The van der Waals surface area contributed by atoms with Crippen molar-refractivity contribution in [2.45, 2.75) is 12.0 Å². The zero-order valence-corrected chi connectivity index (χ0v) is 13.2. The molecular formula is C17H13ClFN3O2. The maximum absolute atomic E-state index is 13.2. The van der Waals surface area contributed by atoms with Crippen LogP contribution in [0.15, 0.2) is 60.4 Å². The molecule has 1 N–H and O–H groups in total. The first kappa shape index (κ1) is 17.5. The van der Waals surface area contributed by atoms with Crippen LogP contribution in [0.5, 0.6) is 0 Å². The van der Waals surface area contributed by atoms with E-state index < -0.39 is 29.6 Å². The van der Waals surface area contributed by atoms with Crippen molar-refractivity contribution in [2.75, 3.05) is 0 Å². The maximum Gasteiger partial charge on any atom is 0.296 e. The summed E-state index contributed by atoms with van der Waals surface area (Å²) >= 11 is 0. The number of carbonyl (C=O) groups is 2. The summed E-state index contributed by atoms with van der Waals surface area (Å²) in [5.74, 6) is -0.524. The number of hydrogen-bond acceptors (Lipinski definition) is 2. The van der Waals surface area contributed by atoms with Crippen molar-refractivity contribution in [3.63, 3.8) is 0 Å². The van der Waals surface area contributed by atoms with E-state index in [0.29, 0.717) is 5.56 Å². The lowest BCUT2D eigenvalue weighted by molar-refractivity contribution is -0.711. The highest BCUT2D eigenvalue weighted by Gasteiger charge is 2.46. The van der Waals surface area contributed by atoms with Crippen molar-refractivity contribution in [1.29, 1.82) is 0 Å². The molecule has 2 atom stereocenters. The van der Waals surface area contributed by atoms with E-state index in [9.17, 15) is 19.4 Å². The van der Waals surface area contributed by atoms with Crippen molar-refractivity contribution in [3.05, 3.63) is 77.2 Å². The second-order valence-corrected chi connectivity index (χ2v) is 5.14. The molecule has 1 aromatic carbocycles. The lowest BCUT2D eigenvalue weighted by Gasteiger charge is -2.28. The van der Waals surface area contributed by atoms with Gasteiger partial charge in [0.05, 0.1) is 11.5 Å². The third-order valence-corrected chi connectivity index (χ3v) is 3.79. The van der Waals surface area contributed by atoms with Gasteiger partial charge in [0.25, 0.3) is 11.8 Å². The minimum atomic E-state index is -0.797. The SMILES string of the molecule is Cl.[N-]=C=C1C(=O)NC(=O)C([n+]2ccccc2)C1c1ccc(F)cc1. The molecule has 1 aliphatic rings. The Morgan fingerprint density at radius 2 is 1.71 bits per heavy atom. The van der Waals surface area contributed by atoms with Gasteiger partial charge in [-0.15, -0.1) is 12.4 Å². The van der Waals surface area contributed by atoms with E-state index in [1.54, 1.807) is 35.2 Å². The van der Waals surface area contributed by atoms with E-state index >= 15 is 0 Å². The van der Waals surface area contributed by atoms with E-state index in [-0.39, 0.29) is 18.0 Å². The minimum absolute atomic E-state index is 0. The summed E-state index contributed by atoms with van der Waals surface area (Å²) in [5, 5.41) is 11.6. The Morgan fingerprint density at radius 3 is 2.29 bits per heavy atom. The Morgan fingerprint density at radius 1 is 1.08 bits per heavy atom. The van der Waals surface area contributed by atoms with Crippen LogP contribution in [0.2, 0.25) is 0 Å². The van der Waals surface area contributed by atoms with Crippen LogP contribution in [0.1, 0.15) is 17.5 Å². The monoisotopic (exact) mass is 345 g/mol. The second kappa shape index (κ2) is 7.17. The number of nitrogens with one attached hydrogen (secondary N) is 1. The molecule has 2 unspecified atom stereocenters. The van der Waals surface area contributed by atoms with Gasteiger partial charge in [-0.05, 0) is 17.7 Å². The molecule has 2 aromatic rings. The molecular weight excluding hydrogens is 333 g/mol. The molecule has 1 aliphatic heterocycles. The van der Waals surface area contributed by atoms with Crippen LogP contribution < -0.4 is 9.88 Å². The fraction of sp³-hybridized carbons (Fsp3) is 0.118. The summed E-state index contributed by atoms with van der Waals surface area (Å²) in [4.78, 5) is 24.4. The molecule has 1 saturated heterocycles.